The molecule has 0 unspecified atom stereocenters. The summed E-state index contributed by atoms with van der Waals surface area (Å²) in [6.45, 7) is 0. The minimum absolute atomic E-state index is 0.117. The maximum atomic E-state index is 11.3. The fourth-order valence-electron chi connectivity index (χ4n) is 2.16. The van der Waals surface area contributed by atoms with E-state index in [1.807, 2.05) is 11.4 Å². The van der Waals surface area contributed by atoms with Crippen molar-refractivity contribution in [1.82, 2.24) is 9.38 Å². The van der Waals surface area contributed by atoms with Crippen LogP contribution >= 0.6 is 11.3 Å². The van der Waals surface area contributed by atoms with Gasteiger partial charge in [-0.3, -0.25) is 4.40 Å². The van der Waals surface area contributed by atoms with Gasteiger partial charge in [0.25, 0.3) is 0 Å². The molecule has 3 aromatic rings. The smallest absolute Gasteiger partial charge is 0.354 e. The predicted octanol–water partition coefficient (Wildman–Crippen LogP) is 2.78. The molecule has 21 heavy (non-hydrogen) atoms. The van der Waals surface area contributed by atoms with Crippen LogP contribution in [0.15, 0.2) is 29.8 Å². The van der Waals surface area contributed by atoms with Gasteiger partial charge in [-0.1, -0.05) is 0 Å². The van der Waals surface area contributed by atoms with Crippen molar-refractivity contribution in [2.45, 2.75) is 0 Å². The predicted molar refractivity (Wildman–Crippen MR) is 78.6 cm³/mol. The third kappa shape index (κ3) is 2.11. The third-order valence-corrected chi connectivity index (χ3v) is 3.99. The highest BCUT2D eigenvalue weighted by atomic mass is 32.1. The Bertz CT molecular complexity index is 822. The molecule has 2 heterocycles. The summed E-state index contributed by atoms with van der Waals surface area (Å²) in [6, 6.07) is 5.39. The van der Waals surface area contributed by atoms with E-state index in [4.69, 9.17) is 9.47 Å². The Morgan fingerprint density at radius 1 is 1.33 bits per heavy atom. The normalized spacial score (nSPS) is 10.8. The molecule has 6 nitrogen and oxygen atoms in total. The second kappa shape index (κ2) is 5.10. The van der Waals surface area contributed by atoms with Gasteiger partial charge in [0.05, 0.1) is 26.1 Å². The number of rotatable bonds is 4. The summed E-state index contributed by atoms with van der Waals surface area (Å²) >= 11 is 1.37. The van der Waals surface area contributed by atoms with Gasteiger partial charge >= 0.3 is 5.97 Å². The SMILES string of the molecule is COc1ccc(OC)c(-c2csc3ncc(C(=O)O)n23)c1. The lowest BCUT2D eigenvalue weighted by Gasteiger charge is -2.10. The Kier molecular flexibility index (Phi) is 3.26. The molecule has 0 fully saturated rings. The highest BCUT2D eigenvalue weighted by molar-refractivity contribution is 7.15. The first kappa shape index (κ1) is 13.4. The number of carboxylic acid groups (broad SMARTS) is 1. The van der Waals surface area contributed by atoms with Crippen molar-refractivity contribution in [3.63, 3.8) is 0 Å². The van der Waals surface area contributed by atoms with E-state index in [0.29, 0.717) is 22.2 Å². The van der Waals surface area contributed by atoms with E-state index in [-0.39, 0.29) is 5.69 Å². The molecule has 0 aliphatic carbocycles. The number of carboxylic acids is 1. The van der Waals surface area contributed by atoms with E-state index < -0.39 is 5.97 Å². The van der Waals surface area contributed by atoms with E-state index in [0.717, 1.165) is 5.56 Å². The molecule has 108 valence electrons. The van der Waals surface area contributed by atoms with Crippen LogP contribution in [0.5, 0.6) is 11.5 Å². The number of methoxy groups -OCH3 is 2. The van der Waals surface area contributed by atoms with Crippen LogP contribution in [0.1, 0.15) is 10.5 Å². The first-order valence-electron chi connectivity index (χ1n) is 6.06. The van der Waals surface area contributed by atoms with Gasteiger partial charge in [-0.05, 0) is 18.2 Å². The average molecular weight is 304 g/mol. The molecule has 0 bridgehead atoms. The van der Waals surface area contributed by atoms with E-state index in [1.54, 1.807) is 30.8 Å². The van der Waals surface area contributed by atoms with E-state index in [9.17, 15) is 9.90 Å². The Balaban J connectivity index is 2.29. The lowest BCUT2D eigenvalue weighted by molar-refractivity contribution is 0.0689. The monoisotopic (exact) mass is 304 g/mol. The van der Waals surface area contributed by atoms with Crippen LogP contribution in [0, 0.1) is 0 Å². The second-order valence-corrected chi connectivity index (χ2v) is 5.09. The Morgan fingerprint density at radius 3 is 2.81 bits per heavy atom. The summed E-state index contributed by atoms with van der Waals surface area (Å²) in [7, 11) is 3.15. The number of fused-ring (bicyclic) bond motifs is 1. The Hall–Kier alpha value is -2.54. The standard InChI is InChI=1S/C14H12N2O4S/c1-19-8-3-4-12(20-2)9(5-8)11-7-21-14-15-6-10(13(17)18)16(11)14/h3-7H,1-2H3,(H,17,18). The van der Waals surface area contributed by atoms with Gasteiger partial charge < -0.3 is 14.6 Å². The molecule has 2 aromatic heterocycles. The maximum Gasteiger partial charge on any atom is 0.354 e. The molecule has 0 aliphatic rings. The molecule has 1 N–H and O–H groups in total. The molecular formula is C14H12N2O4S. The van der Waals surface area contributed by atoms with Crippen LogP contribution in [0.4, 0.5) is 0 Å². The summed E-state index contributed by atoms with van der Waals surface area (Å²) in [6.07, 6.45) is 1.35. The van der Waals surface area contributed by atoms with Crippen molar-refractivity contribution in [3.05, 3.63) is 35.5 Å². The Labute approximate surface area is 124 Å². The lowest BCUT2D eigenvalue weighted by Crippen LogP contribution is -2.02. The number of hydrogen-bond acceptors (Lipinski definition) is 5. The molecule has 0 atom stereocenters. The highest BCUT2D eigenvalue weighted by Crippen LogP contribution is 2.36. The highest BCUT2D eigenvalue weighted by Gasteiger charge is 2.19. The number of benzene rings is 1. The number of imidazole rings is 1. The van der Waals surface area contributed by atoms with Gasteiger partial charge in [0.2, 0.25) is 0 Å². The molecule has 7 heteroatoms. The van der Waals surface area contributed by atoms with Gasteiger partial charge in [-0.2, -0.15) is 0 Å². The summed E-state index contributed by atoms with van der Waals surface area (Å²) in [5.74, 6) is 0.284. The van der Waals surface area contributed by atoms with Gasteiger partial charge in [0.1, 0.15) is 11.5 Å². The quantitative estimate of drug-likeness (QED) is 0.802. The fraction of sp³-hybridized carbons (Fsp3) is 0.143. The zero-order chi connectivity index (χ0) is 15.0. The number of aromatic nitrogens is 2. The summed E-state index contributed by atoms with van der Waals surface area (Å²) in [5, 5.41) is 11.1. The number of thiazole rings is 1. The van der Waals surface area contributed by atoms with Crippen LogP contribution in [0.25, 0.3) is 16.2 Å². The molecule has 0 saturated heterocycles. The first-order chi connectivity index (χ1) is 10.2. The minimum atomic E-state index is -1.02. The number of ether oxygens (including phenoxy) is 2. The topological polar surface area (TPSA) is 73.1 Å². The minimum Gasteiger partial charge on any atom is -0.497 e. The molecule has 1 aromatic carbocycles. The zero-order valence-electron chi connectivity index (χ0n) is 11.4. The van der Waals surface area contributed by atoms with Crippen LogP contribution in [-0.2, 0) is 0 Å². The Morgan fingerprint density at radius 2 is 2.14 bits per heavy atom. The summed E-state index contributed by atoms with van der Waals surface area (Å²) < 4.78 is 12.2. The molecule has 0 amide bonds. The van der Waals surface area contributed by atoms with Crippen LogP contribution in [0.3, 0.4) is 0 Å². The fourth-order valence-corrected chi connectivity index (χ4v) is 3.03. The van der Waals surface area contributed by atoms with Gasteiger partial charge in [-0.25, -0.2) is 9.78 Å². The molecular weight excluding hydrogens is 292 g/mol. The van der Waals surface area contributed by atoms with Crippen LogP contribution in [0.2, 0.25) is 0 Å². The first-order valence-corrected chi connectivity index (χ1v) is 6.94. The summed E-state index contributed by atoms with van der Waals surface area (Å²) in [5.41, 5.74) is 1.58. The maximum absolute atomic E-state index is 11.3. The van der Waals surface area contributed by atoms with Crippen molar-refractivity contribution in [1.29, 1.82) is 0 Å². The van der Waals surface area contributed by atoms with Gasteiger partial charge in [0, 0.05) is 10.9 Å². The van der Waals surface area contributed by atoms with E-state index in [1.165, 1.54) is 17.5 Å². The van der Waals surface area contributed by atoms with Crippen molar-refractivity contribution >= 4 is 22.3 Å². The van der Waals surface area contributed by atoms with Crippen LogP contribution < -0.4 is 9.47 Å². The van der Waals surface area contributed by atoms with Crippen LogP contribution in [-0.4, -0.2) is 34.7 Å². The third-order valence-electron chi connectivity index (χ3n) is 3.15. The number of nitrogens with zero attached hydrogens (tertiary/aromatic N) is 2. The van der Waals surface area contributed by atoms with Gasteiger partial charge in [0.15, 0.2) is 10.7 Å². The van der Waals surface area contributed by atoms with Crippen molar-refractivity contribution in [2.24, 2.45) is 0 Å². The number of aromatic carboxylic acids is 1. The molecule has 0 radical (unpaired) electrons. The van der Waals surface area contributed by atoms with Crippen molar-refractivity contribution in [2.75, 3.05) is 14.2 Å². The van der Waals surface area contributed by atoms with Crippen molar-refractivity contribution < 1.29 is 19.4 Å². The molecule has 0 spiro atoms. The zero-order valence-corrected chi connectivity index (χ0v) is 12.2. The molecule has 3 rings (SSSR count). The molecule has 0 aliphatic heterocycles. The molecule has 0 saturated carbocycles. The number of carbonyl (C=O) groups is 1. The number of hydrogen-bond donors (Lipinski definition) is 1. The lowest BCUT2D eigenvalue weighted by atomic mass is 10.1. The van der Waals surface area contributed by atoms with E-state index in [2.05, 4.69) is 4.98 Å². The largest absolute Gasteiger partial charge is 0.497 e. The summed E-state index contributed by atoms with van der Waals surface area (Å²) in [4.78, 5) is 16.1. The van der Waals surface area contributed by atoms with E-state index >= 15 is 0 Å². The average Bonchev–Trinajstić information content (AvgIpc) is 3.07. The van der Waals surface area contributed by atoms with Gasteiger partial charge in [-0.15, -0.1) is 11.3 Å². The second-order valence-electron chi connectivity index (χ2n) is 4.25. The van der Waals surface area contributed by atoms with Crippen molar-refractivity contribution in [3.8, 4) is 22.8 Å².